The third-order valence-electron chi connectivity index (χ3n) is 3.36. The Balaban J connectivity index is 1.59. The molecule has 2 heterocycles. The van der Waals surface area contributed by atoms with Crippen molar-refractivity contribution in [2.24, 2.45) is 11.8 Å². The topological polar surface area (TPSA) is 59.0 Å². The lowest BCUT2D eigenvalue weighted by molar-refractivity contribution is -0.126. The van der Waals surface area contributed by atoms with Gasteiger partial charge in [-0.25, -0.2) is 0 Å². The number of hydrogen-bond acceptors (Lipinski definition) is 3. The first kappa shape index (κ1) is 12.1. The quantitative estimate of drug-likeness (QED) is 0.696. The lowest BCUT2D eigenvalue weighted by atomic mass is 9.88. The van der Waals surface area contributed by atoms with E-state index in [9.17, 15) is 4.79 Å². The van der Waals surface area contributed by atoms with Gasteiger partial charge in [-0.2, -0.15) is 5.10 Å². The molecular formula is C12H20N4O. The van der Waals surface area contributed by atoms with Crippen LogP contribution in [0.4, 0.5) is 0 Å². The molecule has 1 aliphatic rings. The highest BCUT2D eigenvalue weighted by Crippen LogP contribution is 2.15. The number of aromatic nitrogens is 2. The highest BCUT2D eigenvalue weighted by Gasteiger charge is 2.28. The summed E-state index contributed by atoms with van der Waals surface area (Å²) < 4.78 is 1.88. The summed E-state index contributed by atoms with van der Waals surface area (Å²) in [5.41, 5.74) is 0. The zero-order chi connectivity index (χ0) is 12.1. The van der Waals surface area contributed by atoms with E-state index in [1.807, 2.05) is 23.9 Å². The van der Waals surface area contributed by atoms with Crippen LogP contribution in [-0.2, 0) is 11.3 Å². The van der Waals surface area contributed by atoms with E-state index in [4.69, 9.17) is 0 Å². The summed E-state index contributed by atoms with van der Waals surface area (Å²) >= 11 is 0. The molecule has 17 heavy (non-hydrogen) atoms. The lowest BCUT2D eigenvalue weighted by Gasteiger charge is -2.31. The number of carbonyl (C=O) groups is 1. The van der Waals surface area contributed by atoms with Crippen molar-refractivity contribution in [3.05, 3.63) is 18.5 Å². The maximum atomic E-state index is 11.8. The van der Waals surface area contributed by atoms with Crippen molar-refractivity contribution >= 4 is 5.91 Å². The second kappa shape index (κ2) is 5.82. The molecule has 5 heteroatoms. The van der Waals surface area contributed by atoms with E-state index in [2.05, 4.69) is 15.7 Å². The van der Waals surface area contributed by atoms with E-state index in [-0.39, 0.29) is 11.8 Å². The summed E-state index contributed by atoms with van der Waals surface area (Å²) in [7, 11) is 0. The van der Waals surface area contributed by atoms with Gasteiger partial charge in [0.05, 0.1) is 0 Å². The number of nitrogens with zero attached hydrogens (tertiary/aromatic N) is 2. The van der Waals surface area contributed by atoms with Crippen LogP contribution < -0.4 is 10.6 Å². The Kier molecular flexibility index (Phi) is 4.14. The molecule has 5 nitrogen and oxygen atoms in total. The predicted octanol–water partition coefficient (Wildman–Crippen LogP) is 0.245. The van der Waals surface area contributed by atoms with Crippen LogP contribution in [0, 0.1) is 11.8 Å². The van der Waals surface area contributed by atoms with E-state index in [1.54, 1.807) is 6.20 Å². The molecule has 0 saturated carbocycles. The largest absolute Gasteiger partial charge is 0.356 e. The van der Waals surface area contributed by atoms with Crippen molar-refractivity contribution in [1.29, 1.82) is 0 Å². The predicted molar refractivity (Wildman–Crippen MR) is 65.4 cm³/mol. The van der Waals surface area contributed by atoms with E-state index in [0.717, 1.165) is 32.6 Å². The third kappa shape index (κ3) is 3.30. The fourth-order valence-electron chi connectivity index (χ4n) is 1.92. The van der Waals surface area contributed by atoms with Gasteiger partial charge in [-0.1, -0.05) is 6.92 Å². The van der Waals surface area contributed by atoms with Gasteiger partial charge in [-0.05, 0) is 31.5 Å². The minimum Gasteiger partial charge on any atom is -0.356 e. The summed E-state index contributed by atoms with van der Waals surface area (Å²) in [5.74, 6) is 0.819. The molecule has 2 rings (SSSR count). The van der Waals surface area contributed by atoms with Crippen molar-refractivity contribution in [3.63, 3.8) is 0 Å². The van der Waals surface area contributed by atoms with Crippen LogP contribution in [0.3, 0.4) is 0 Å². The SMILES string of the molecule is CC(C(=O)NCCCn1cccn1)C1CNC1. The van der Waals surface area contributed by atoms with Crippen LogP contribution in [0.25, 0.3) is 0 Å². The number of rotatable bonds is 6. The summed E-state index contributed by atoms with van der Waals surface area (Å²) in [4.78, 5) is 11.8. The molecule has 1 aliphatic heterocycles. The second-order valence-corrected chi connectivity index (χ2v) is 4.62. The number of hydrogen-bond donors (Lipinski definition) is 2. The molecule has 1 aromatic rings. The maximum Gasteiger partial charge on any atom is 0.223 e. The molecular weight excluding hydrogens is 216 g/mol. The smallest absolute Gasteiger partial charge is 0.223 e. The summed E-state index contributed by atoms with van der Waals surface area (Å²) in [6.45, 7) is 5.54. The van der Waals surface area contributed by atoms with Crippen molar-refractivity contribution in [3.8, 4) is 0 Å². The van der Waals surface area contributed by atoms with E-state index >= 15 is 0 Å². The molecule has 1 unspecified atom stereocenters. The average molecular weight is 236 g/mol. The van der Waals surface area contributed by atoms with Crippen molar-refractivity contribution in [2.75, 3.05) is 19.6 Å². The van der Waals surface area contributed by atoms with E-state index < -0.39 is 0 Å². The molecule has 94 valence electrons. The van der Waals surface area contributed by atoms with Gasteiger partial charge < -0.3 is 10.6 Å². The molecule has 0 aromatic carbocycles. The Morgan fingerprint density at radius 3 is 3.06 bits per heavy atom. The standard InChI is InChI=1S/C12H20N4O/c1-10(11-8-13-9-11)12(17)14-4-2-6-16-7-3-5-15-16/h3,5,7,10-11,13H,2,4,6,8-9H2,1H3,(H,14,17). The number of carbonyl (C=O) groups excluding carboxylic acids is 1. The van der Waals surface area contributed by atoms with Gasteiger partial charge in [0.2, 0.25) is 5.91 Å². The fraction of sp³-hybridized carbons (Fsp3) is 0.667. The van der Waals surface area contributed by atoms with Crippen molar-refractivity contribution < 1.29 is 4.79 Å². The lowest BCUT2D eigenvalue weighted by Crippen LogP contribution is -2.49. The van der Waals surface area contributed by atoms with Crippen LogP contribution >= 0.6 is 0 Å². The molecule has 0 aliphatic carbocycles. The minimum absolute atomic E-state index is 0.126. The summed E-state index contributed by atoms with van der Waals surface area (Å²) in [5, 5.41) is 10.3. The van der Waals surface area contributed by atoms with Gasteiger partial charge in [0, 0.05) is 31.4 Å². The van der Waals surface area contributed by atoms with Crippen molar-refractivity contribution in [2.45, 2.75) is 19.9 Å². The van der Waals surface area contributed by atoms with Gasteiger partial charge in [-0.3, -0.25) is 9.48 Å². The molecule has 0 radical (unpaired) electrons. The van der Waals surface area contributed by atoms with Crippen LogP contribution in [0.1, 0.15) is 13.3 Å². The van der Waals surface area contributed by atoms with Crippen LogP contribution in [0.5, 0.6) is 0 Å². The highest BCUT2D eigenvalue weighted by atomic mass is 16.1. The zero-order valence-corrected chi connectivity index (χ0v) is 10.2. The van der Waals surface area contributed by atoms with Gasteiger partial charge >= 0.3 is 0 Å². The van der Waals surface area contributed by atoms with Crippen LogP contribution in [0.2, 0.25) is 0 Å². The fourth-order valence-corrected chi connectivity index (χ4v) is 1.92. The molecule has 0 bridgehead atoms. The Labute approximate surface area is 102 Å². The Bertz CT molecular complexity index is 345. The first-order chi connectivity index (χ1) is 8.27. The average Bonchev–Trinajstić information content (AvgIpc) is 2.74. The Hall–Kier alpha value is -1.36. The third-order valence-corrected chi connectivity index (χ3v) is 3.36. The Morgan fingerprint density at radius 2 is 2.47 bits per heavy atom. The second-order valence-electron chi connectivity index (χ2n) is 4.62. The number of amides is 1. The molecule has 1 aromatic heterocycles. The first-order valence-corrected chi connectivity index (χ1v) is 6.23. The monoisotopic (exact) mass is 236 g/mol. The number of aryl methyl sites for hydroxylation is 1. The molecule has 1 atom stereocenters. The van der Waals surface area contributed by atoms with Gasteiger partial charge in [0.1, 0.15) is 0 Å². The maximum absolute atomic E-state index is 11.8. The van der Waals surface area contributed by atoms with Crippen LogP contribution in [-0.4, -0.2) is 35.3 Å². The highest BCUT2D eigenvalue weighted by molar-refractivity contribution is 5.78. The van der Waals surface area contributed by atoms with E-state index in [1.165, 1.54) is 0 Å². The van der Waals surface area contributed by atoms with Gasteiger partial charge in [0.15, 0.2) is 0 Å². The van der Waals surface area contributed by atoms with Gasteiger partial charge in [0.25, 0.3) is 0 Å². The molecule has 2 N–H and O–H groups in total. The molecule has 1 saturated heterocycles. The minimum atomic E-state index is 0.126. The van der Waals surface area contributed by atoms with Gasteiger partial charge in [-0.15, -0.1) is 0 Å². The Morgan fingerprint density at radius 1 is 1.65 bits per heavy atom. The molecule has 1 fully saturated rings. The molecule has 0 spiro atoms. The normalized spacial score (nSPS) is 17.5. The number of nitrogens with one attached hydrogen (secondary N) is 2. The molecule has 1 amide bonds. The van der Waals surface area contributed by atoms with E-state index in [0.29, 0.717) is 5.92 Å². The van der Waals surface area contributed by atoms with Crippen LogP contribution in [0.15, 0.2) is 18.5 Å². The summed E-state index contributed by atoms with van der Waals surface area (Å²) in [6.07, 6.45) is 4.62. The zero-order valence-electron chi connectivity index (χ0n) is 10.2. The summed E-state index contributed by atoms with van der Waals surface area (Å²) in [6, 6.07) is 1.91. The first-order valence-electron chi connectivity index (χ1n) is 6.23. The van der Waals surface area contributed by atoms with Crippen molar-refractivity contribution in [1.82, 2.24) is 20.4 Å².